The van der Waals surface area contributed by atoms with Crippen molar-refractivity contribution in [1.29, 1.82) is 0 Å². The van der Waals surface area contributed by atoms with E-state index in [1.807, 2.05) is 6.92 Å². The van der Waals surface area contributed by atoms with Gasteiger partial charge in [0, 0.05) is 17.8 Å². The molecular formula is C8H11F3N2S. The number of aromatic nitrogens is 1. The van der Waals surface area contributed by atoms with E-state index in [0.29, 0.717) is 11.6 Å². The number of alkyl halides is 3. The Hall–Kier alpha value is -0.620. The van der Waals surface area contributed by atoms with Crippen molar-refractivity contribution in [3.8, 4) is 0 Å². The minimum Gasteiger partial charge on any atom is -0.319 e. The first-order valence-electron chi connectivity index (χ1n) is 4.12. The minimum absolute atomic E-state index is 0.0149. The summed E-state index contributed by atoms with van der Waals surface area (Å²) in [6.07, 6.45) is -4.33. The van der Waals surface area contributed by atoms with E-state index >= 15 is 0 Å². The first kappa shape index (κ1) is 11.5. The van der Waals surface area contributed by atoms with E-state index in [1.165, 1.54) is 0 Å². The molecule has 1 heterocycles. The van der Waals surface area contributed by atoms with Crippen molar-refractivity contribution < 1.29 is 13.2 Å². The minimum atomic E-state index is -4.33. The highest BCUT2D eigenvalue weighted by atomic mass is 32.1. The second-order valence-corrected chi connectivity index (χ2v) is 3.92. The summed E-state index contributed by atoms with van der Waals surface area (Å²) in [5, 5.41) is 4.48. The van der Waals surface area contributed by atoms with E-state index in [9.17, 15) is 13.2 Å². The fourth-order valence-electron chi connectivity index (χ4n) is 1.04. The third-order valence-electron chi connectivity index (χ3n) is 1.74. The Morgan fingerprint density at radius 3 is 2.64 bits per heavy atom. The van der Waals surface area contributed by atoms with Crippen LogP contribution >= 0.6 is 11.3 Å². The topological polar surface area (TPSA) is 24.9 Å². The molecule has 0 radical (unpaired) electrons. The van der Waals surface area contributed by atoms with E-state index in [2.05, 4.69) is 10.3 Å². The average molecular weight is 224 g/mol. The summed E-state index contributed by atoms with van der Waals surface area (Å²) in [5.74, 6) is 0.0149. The van der Waals surface area contributed by atoms with Gasteiger partial charge in [0.2, 0.25) is 0 Å². The van der Waals surface area contributed by atoms with Crippen LogP contribution in [0.2, 0.25) is 0 Å². The molecule has 1 atom stereocenters. The van der Waals surface area contributed by atoms with E-state index in [-0.39, 0.29) is 5.92 Å². The van der Waals surface area contributed by atoms with Crippen molar-refractivity contribution in [1.82, 2.24) is 10.3 Å². The molecular weight excluding hydrogens is 213 g/mol. The summed E-state index contributed by atoms with van der Waals surface area (Å²) in [6, 6.07) is 0. The fraction of sp³-hybridized carbons (Fsp3) is 0.625. The van der Waals surface area contributed by atoms with Crippen LogP contribution in [0, 0.1) is 0 Å². The largest absolute Gasteiger partial charge is 0.434 e. The highest BCUT2D eigenvalue weighted by Crippen LogP contribution is 2.31. The zero-order valence-electron chi connectivity index (χ0n) is 7.85. The maximum absolute atomic E-state index is 12.2. The molecule has 0 spiro atoms. The van der Waals surface area contributed by atoms with Gasteiger partial charge >= 0.3 is 6.18 Å². The third-order valence-corrected chi connectivity index (χ3v) is 2.82. The van der Waals surface area contributed by atoms with E-state index in [4.69, 9.17) is 0 Å². The zero-order chi connectivity index (χ0) is 10.8. The molecule has 1 N–H and O–H groups in total. The van der Waals surface area contributed by atoms with Gasteiger partial charge in [-0.1, -0.05) is 6.92 Å². The highest BCUT2D eigenvalue weighted by Gasteiger charge is 2.34. The monoisotopic (exact) mass is 224 g/mol. The predicted octanol–water partition coefficient (Wildman–Crippen LogP) is 2.48. The number of nitrogens with zero attached hydrogens (tertiary/aromatic N) is 1. The Kier molecular flexibility index (Phi) is 3.49. The maximum Gasteiger partial charge on any atom is 0.434 e. The number of hydrogen-bond acceptors (Lipinski definition) is 3. The van der Waals surface area contributed by atoms with Gasteiger partial charge in [-0.05, 0) is 7.05 Å². The molecule has 0 aliphatic carbocycles. The molecule has 0 aliphatic heterocycles. The molecule has 0 amide bonds. The Labute approximate surface area is 84.2 Å². The molecule has 0 aliphatic rings. The summed E-state index contributed by atoms with van der Waals surface area (Å²) in [4.78, 5) is 3.55. The Bertz CT molecular complexity index is 295. The van der Waals surface area contributed by atoms with Crippen molar-refractivity contribution in [2.75, 3.05) is 13.6 Å². The second kappa shape index (κ2) is 4.27. The number of likely N-dealkylation sites (N-methyl/N-ethyl adjacent to an activating group) is 1. The molecule has 0 bridgehead atoms. The molecule has 0 saturated carbocycles. The van der Waals surface area contributed by atoms with E-state index in [1.54, 1.807) is 7.05 Å². The molecule has 1 aromatic heterocycles. The van der Waals surface area contributed by atoms with Crippen molar-refractivity contribution in [2.24, 2.45) is 0 Å². The molecule has 1 rings (SSSR count). The second-order valence-electron chi connectivity index (χ2n) is 3.03. The van der Waals surface area contributed by atoms with Crippen LogP contribution in [0.15, 0.2) is 5.38 Å². The van der Waals surface area contributed by atoms with Crippen molar-refractivity contribution >= 4 is 11.3 Å². The summed E-state index contributed by atoms with van der Waals surface area (Å²) in [7, 11) is 1.76. The van der Waals surface area contributed by atoms with Crippen LogP contribution in [0.1, 0.15) is 23.5 Å². The van der Waals surface area contributed by atoms with Crippen LogP contribution in [0.4, 0.5) is 13.2 Å². The van der Waals surface area contributed by atoms with Crippen molar-refractivity contribution in [2.45, 2.75) is 19.0 Å². The summed E-state index contributed by atoms with van der Waals surface area (Å²) in [5.41, 5.74) is -0.791. The standard InChI is InChI=1S/C8H11F3N2S/c1-5(3-12-2)7-13-6(4-14-7)8(9,10)11/h4-5,12H,3H2,1-2H3. The molecule has 80 valence electrons. The molecule has 2 nitrogen and oxygen atoms in total. The van der Waals surface area contributed by atoms with E-state index < -0.39 is 11.9 Å². The highest BCUT2D eigenvalue weighted by molar-refractivity contribution is 7.09. The van der Waals surface area contributed by atoms with Crippen LogP contribution in [0.25, 0.3) is 0 Å². The van der Waals surface area contributed by atoms with Gasteiger partial charge in [0.1, 0.15) is 0 Å². The quantitative estimate of drug-likeness (QED) is 0.853. The summed E-state index contributed by atoms with van der Waals surface area (Å²) < 4.78 is 36.5. The molecule has 14 heavy (non-hydrogen) atoms. The van der Waals surface area contributed by atoms with Gasteiger partial charge in [-0.2, -0.15) is 13.2 Å². The van der Waals surface area contributed by atoms with Gasteiger partial charge in [0.15, 0.2) is 5.69 Å². The lowest BCUT2D eigenvalue weighted by Crippen LogP contribution is -2.15. The van der Waals surface area contributed by atoms with Crippen LogP contribution in [-0.2, 0) is 6.18 Å². The molecule has 1 unspecified atom stereocenters. The van der Waals surface area contributed by atoms with Crippen LogP contribution in [0.5, 0.6) is 0 Å². The van der Waals surface area contributed by atoms with Gasteiger partial charge in [-0.25, -0.2) is 4.98 Å². The third kappa shape index (κ3) is 2.68. The first-order chi connectivity index (χ1) is 6.45. The SMILES string of the molecule is CNCC(C)c1nc(C(F)(F)F)cs1. The normalized spacial score (nSPS) is 14.4. The average Bonchev–Trinajstić information content (AvgIpc) is 2.51. The molecule has 0 aromatic carbocycles. The molecule has 0 fully saturated rings. The van der Waals surface area contributed by atoms with Gasteiger partial charge in [0.25, 0.3) is 0 Å². The van der Waals surface area contributed by atoms with Gasteiger partial charge in [-0.15, -0.1) is 11.3 Å². The molecule has 1 aromatic rings. The van der Waals surface area contributed by atoms with Crippen LogP contribution in [-0.4, -0.2) is 18.6 Å². The lowest BCUT2D eigenvalue weighted by molar-refractivity contribution is -0.140. The smallest absolute Gasteiger partial charge is 0.319 e. The van der Waals surface area contributed by atoms with Gasteiger partial charge in [-0.3, -0.25) is 0 Å². The number of thiazole rings is 1. The zero-order valence-corrected chi connectivity index (χ0v) is 8.67. The van der Waals surface area contributed by atoms with Gasteiger partial charge in [0.05, 0.1) is 5.01 Å². The van der Waals surface area contributed by atoms with E-state index in [0.717, 1.165) is 16.7 Å². The predicted molar refractivity (Wildman–Crippen MR) is 49.5 cm³/mol. The number of halogens is 3. The first-order valence-corrected chi connectivity index (χ1v) is 5.00. The summed E-state index contributed by atoms with van der Waals surface area (Å²) in [6.45, 7) is 2.47. The number of hydrogen-bond donors (Lipinski definition) is 1. The Morgan fingerprint density at radius 1 is 1.57 bits per heavy atom. The lowest BCUT2D eigenvalue weighted by Gasteiger charge is -2.06. The molecule has 6 heteroatoms. The van der Waals surface area contributed by atoms with Crippen LogP contribution in [0.3, 0.4) is 0 Å². The summed E-state index contributed by atoms with van der Waals surface area (Å²) >= 11 is 1.05. The maximum atomic E-state index is 12.2. The molecule has 0 saturated heterocycles. The fourth-order valence-corrected chi connectivity index (χ4v) is 1.92. The van der Waals surface area contributed by atoms with Crippen LogP contribution < -0.4 is 5.32 Å². The van der Waals surface area contributed by atoms with Crippen molar-refractivity contribution in [3.63, 3.8) is 0 Å². The number of rotatable bonds is 3. The number of nitrogens with one attached hydrogen (secondary N) is 1. The Balaban J connectivity index is 2.78. The van der Waals surface area contributed by atoms with Crippen molar-refractivity contribution in [3.05, 3.63) is 16.1 Å². The Morgan fingerprint density at radius 2 is 2.21 bits per heavy atom. The van der Waals surface area contributed by atoms with Gasteiger partial charge < -0.3 is 5.32 Å². The lowest BCUT2D eigenvalue weighted by atomic mass is 10.2.